The predicted octanol–water partition coefficient (Wildman–Crippen LogP) is 3.69. The fourth-order valence-corrected chi connectivity index (χ4v) is 5.14. The van der Waals surface area contributed by atoms with Crippen LogP contribution in [0.2, 0.25) is 0 Å². The highest BCUT2D eigenvalue weighted by Gasteiger charge is 2.40. The fourth-order valence-electron chi connectivity index (χ4n) is 5.14. The first-order valence-corrected chi connectivity index (χ1v) is 11.6. The molecule has 0 aromatic rings. The van der Waals surface area contributed by atoms with Crippen LogP contribution in [0.25, 0.3) is 0 Å². The SMILES string of the molecule is CCNC(=NCC1(CC)CCC1)NCC1(N2CCCCC2)CCN(C)CC1.I. The summed E-state index contributed by atoms with van der Waals surface area (Å²) >= 11 is 0. The second kappa shape index (κ2) is 11.3. The number of guanidine groups is 1. The molecule has 0 amide bonds. The van der Waals surface area contributed by atoms with Gasteiger partial charge >= 0.3 is 0 Å². The van der Waals surface area contributed by atoms with Crippen LogP contribution in [0.1, 0.15) is 71.6 Å². The number of halogens is 1. The van der Waals surface area contributed by atoms with Gasteiger partial charge in [0, 0.05) is 25.2 Å². The maximum absolute atomic E-state index is 5.02. The van der Waals surface area contributed by atoms with Crippen LogP contribution in [-0.4, -0.2) is 74.2 Å². The van der Waals surface area contributed by atoms with E-state index in [-0.39, 0.29) is 24.0 Å². The summed E-state index contributed by atoms with van der Waals surface area (Å²) in [6.45, 7) is 12.4. The summed E-state index contributed by atoms with van der Waals surface area (Å²) in [5.74, 6) is 1.03. The van der Waals surface area contributed by atoms with E-state index in [1.165, 1.54) is 84.0 Å². The van der Waals surface area contributed by atoms with Gasteiger partial charge in [0.05, 0.1) is 0 Å². The molecule has 0 radical (unpaired) electrons. The van der Waals surface area contributed by atoms with E-state index in [0.29, 0.717) is 11.0 Å². The maximum Gasteiger partial charge on any atom is 0.191 e. The summed E-state index contributed by atoms with van der Waals surface area (Å²) in [6, 6.07) is 0. The van der Waals surface area contributed by atoms with Crippen molar-refractivity contribution in [3.63, 3.8) is 0 Å². The van der Waals surface area contributed by atoms with Crippen molar-refractivity contribution in [1.82, 2.24) is 20.4 Å². The molecule has 3 rings (SSSR count). The first kappa shape index (κ1) is 24.2. The topological polar surface area (TPSA) is 42.9 Å². The van der Waals surface area contributed by atoms with Crippen molar-refractivity contribution in [3.05, 3.63) is 0 Å². The van der Waals surface area contributed by atoms with Crippen LogP contribution in [0.15, 0.2) is 4.99 Å². The van der Waals surface area contributed by atoms with Crippen LogP contribution in [0.4, 0.5) is 0 Å². The summed E-state index contributed by atoms with van der Waals surface area (Å²) in [5.41, 5.74) is 0.794. The van der Waals surface area contributed by atoms with Gasteiger partial charge in [0.2, 0.25) is 0 Å². The molecule has 0 atom stereocenters. The van der Waals surface area contributed by atoms with E-state index in [1.54, 1.807) is 0 Å². The Balaban J connectivity index is 0.00000280. The van der Waals surface area contributed by atoms with Crippen molar-refractivity contribution in [2.24, 2.45) is 10.4 Å². The number of hydrogen-bond acceptors (Lipinski definition) is 3. The Kier molecular flexibility index (Phi) is 9.81. The number of rotatable bonds is 7. The Hall–Kier alpha value is -0.0800. The molecule has 2 aliphatic heterocycles. The average Bonchev–Trinajstić information content (AvgIpc) is 2.68. The van der Waals surface area contributed by atoms with Gasteiger partial charge in [-0.15, -0.1) is 24.0 Å². The second-order valence-electron chi connectivity index (χ2n) is 9.33. The summed E-state index contributed by atoms with van der Waals surface area (Å²) in [5, 5.41) is 7.27. The summed E-state index contributed by atoms with van der Waals surface area (Å²) in [6.07, 6.45) is 12.0. The minimum Gasteiger partial charge on any atom is -0.357 e. The van der Waals surface area contributed by atoms with E-state index in [9.17, 15) is 0 Å². The quantitative estimate of drug-likeness (QED) is 0.315. The normalized spacial score (nSPS) is 25.5. The van der Waals surface area contributed by atoms with Gasteiger partial charge < -0.3 is 15.5 Å². The molecule has 0 unspecified atom stereocenters. The van der Waals surface area contributed by atoms with E-state index in [1.807, 2.05) is 0 Å². The molecule has 2 heterocycles. The van der Waals surface area contributed by atoms with E-state index < -0.39 is 0 Å². The third-order valence-corrected chi connectivity index (χ3v) is 7.61. The Morgan fingerprint density at radius 2 is 1.57 bits per heavy atom. The molecule has 1 aliphatic carbocycles. The number of aliphatic imine (C=N–C) groups is 1. The largest absolute Gasteiger partial charge is 0.357 e. The van der Waals surface area contributed by atoms with Crippen LogP contribution in [0.5, 0.6) is 0 Å². The lowest BCUT2D eigenvalue weighted by Crippen LogP contribution is -2.62. The molecule has 6 heteroatoms. The van der Waals surface area contributed by atoms with Gasteiger partial charge in [-0.3, -0.25) is 9.89 Å². The molecule has 3 aliphatic rings. The highest BCUT2D eigenvalue weighted by atomic mass is 127. The van der Waals surface area contributed by atoms with Crippen molar-refractivity contribution in [3.8, 4) is 0 Å². The lowest BCUT2D eigenvalue weighted by molar-refractivity contribution is 0.0173. The molecule has 0 bridgehead atoms. The Bertz CT molecular complexity index is 472. The average molecular weight is 506 g/mol. The van der Waals surface area contributed by atoms with Crippen molar-refractivity contribution >= 4 is 29.9 Å². The molecular formula is C22H44IN5. The number of likely N-dealkylation sites (tertiary alicyclic amines) is 2. The van der Waals surface area contributed by atoms with Gasteiger partial charge in [-0.05, 0) is 90.5 Å². The molecule has 164 valence electrons. The number of nitrogens with one attached hydrogen (secondary N) is 2. The van der Waals surface area contributed by atoms with Gasteiger partial charge in [-0.25, -0.2) is 0 Å². The lowest BCUT2D eigenvalue weighted by atomic mass is 9.67. The first-order valence-electron chi connectivity index (χ1n) is 11.6. The summed E-state index contributed by atoms with van der Waals surface area (Å²) in [7, 11) is 2.27. The van der Waals surface area contributed by atoms with Crippen LogP contribution in [0.3, 0.4) is 0 Å². The molecule has 5 nitrogen and oxygen atoms in total. The van der Waals surface area contributed by atoms with Gasteiger partial charge in [0.15, 0.2) is 5.96 Å². The molecular weight excluding hydrogens is 461 g/mol. The smallest absolute Gasteiger partial charge is 0.191 e. The fraction of sp³-hybridized carbons (Fsp3) is 0.955. The zero-order valence-corrected chi connectivity index (χ0v) is 20.9. The Morgan fingerprint density at radius 3 is 2.11 bits per heavy atom. The number of hydrogen-bond donors (Lipinski definition) is 2. The van der Waals surface area contributed by atoms with Crippen molar-refractivity contribution in [2.75, 3.05) is 52.9 Å². The van der Waals surface area contributed by atoms with E-state index in [4.69, 9.17) is 4.99 Å². The molecule has 1 saturated carbocycles. The van der Waals surface area contributed by atoms with Gasteiger partial charge in [-0.2, -0.15) is 0 Å². The van der Waals surface area contributed by atoms with Crippen LogP contribution in [-0.2, 0) is 0 Å². The summed E-state index contributed by atoms with van der Waals surface area (Å²) < 4.78 is 0. The monoisotopic (exact) mass is 505 g/mol. The lowest BCUT2D eigenvalue weighted by Gasteiger charge is -2.50. The molecule has 0 spiro atoms. The Labute approximate surface area is 190 Å². The van der Waals surface area contributed by atoms with Crippen molar-refractivity contribution in [2.45, 2.75) is 77.2 Å². The zero-order valence-electron chi connectivity index (χ0n) is 18.6. The third-order valence-electron chi connectivity index (χ3n) is 7.61. The van der Waals surface area contributed by atoms with E-state index >= 15 is 0 Å². The molecule has 3 fully saturated rings. The van der Waals surface area contributed by atoms with E-state index in [0.717, 1.165) is 25.6 Å². The minimum absolute atomic E-state index is 0. The van der Waals surface area contributed by atoms with Gasteiger partial charge in [-0.1, -0.05) is 19.8 Å². The zero-order chi connectivity index (χ0) is 19.2. The van der Waals surface area contributed by atoms with Crippen molar-refractivity contribution < 1.29 is 0 Å². The minimum atomic E-state index is 0. The summed E-state index contributed by atoms with van der Waals surface area (Å²) in [4.78, 5) is 10.3. The maximum atomic E-state index is 5.02. The molecule has 0 aromatic heterocycles. The predicted molar refractivity (Wildman–Crippen MR) is 131 cm³/mol. The number of nitrogens with zero attached hydrogens (tertiary/aromatic N) is 3. The Morgan fingerprint density at radius 1 is 0.893 bits per heavy atom. The molecule has 2 saturated heterocycles. The molecule has 2 N–H and O–H groups in total. The standard InChI is InChI=1S/C22H43N5.HI/c1-4-21(10-9-11-21)18-24-20(23-5-2)25-19-22(12-16-26(3)17-13-22)27-14-7-6-8-15-27;/h4-19H2,1-3H3,(H2,23,24,25);1H. The van der Waals surface area contributed by atoms with Gasteiger partial charge in [0.25, 0.3) is 0 Å². The highest BCUT2D eigenvalue weighted by molar-refractivity contribution is 14.0. The van der Waals surface area contributed by atoms with Gasteiger partial charge in [0.1, 0.15) is 0 Å². The van der Waals surface area contributed by atoms with Crippen molar-refractivity contribution in [1.29, 1.82) is 0 Å². The third kappa shape index (κ3) is 5.97. The number of piperidine rings is 2. The highest BCUT2D eigenvalue weighted by Crippen LogP contribution is 2.43. The first-order chi connectivity index (χ1) is 13.1. The van der Waals surface area contributed by atoms with Crippen LogP contribution < -0.4 is 10.6 Å². The second-order valence-corrected chi connectivity index (χ2v) is 9.33. The van der Waals surface area contributed by atoms with E-state index in [2.05, 4.69) is 41.3 Å². The molecule has 0 aromatic carbocycles. The molecule has 28 heavy (non-hydrogen) atoms. The van der Waals surface area contributed by atoms with Crippen LogP contribution >= 0.6 is 24.0 Å². The van der Waals surface area contributed by atoms with Crippen LogP contribution in [0, 0.1) is 5.41 Å².